The van der Waals surface area contributed by atoms with Gasteiger partial charge in [0.25, 0.3) is 0 Å². The van der Waals surface area contributed by atoms with E-state index in [0.29, 0.717) is 40.7 Å². The summed E-state index contributed by atoms with van der Waals surface area (Å²) in [4.78, 5) is 0. The fourth-order valence-corrected chi connectivity index (χ4v) is 13.2. The van der Waals surface area contributed by atoms with E-state index in [9.17, 15) is 0 Å². The minimum absolute atomic E-state index is 0.126. The zero-order valence-corrected chi connectivity index (χ0v) is 24.5. The third kappa shape index (κ3) is 5.57. The van der Waals surface area contributed by atoms with Gasteiger partial charge in [-0.15, -0.1) is 0 Å². The smallest absolute Gasteiger partial charge is 0.200 e. The molecule has 0 radical (unpaired) electrons. The molecule has 0 aromatic heterocycles. The van der Waals surface area contributed by atoms with Crippen LogP contribution in [-0.2, 0) is 9.16 Å². The Morgan fingerprint density at radius 2 is 1.53 bits per heavy atom. The van der Waals surface area contributed by atoms with Crippen molar-refractivity contribution in [1.82, 2.24) is 0 Å². The van der Waals surface area contributed by atoms with E-state index in [1.165, 1.54) is 37.7 Å². The van der Waals surface area contributed by atoms with Crippen LogP contribution in [0.1, 0.15) is 108 Å². The summed E-state index contributed by atoms with van der Waals surface area (Å²) < 4.78 is 13.6. The molecule has 2 nitrogen and oxygen atoms in total. The maximum Gasteiger partial charge on any atom is 0.200 e. The van der Waals surface area contributed by atoms with Gasteiger partial charge in [0.15, 0.2) is 0 Å². The minimum atomic E-state index is -1.84. The highest BCUT2D eigenvalue weighted by Crippen LogP contribution is 2.59. The van der Waals surface area contributed by atoms with Gasteiger partial charge in [0.1, 0.15) is 0 Å². The molecule has 2 saturated carbocycles. The zero-order valence-electron chi connectivity index (χ0n) is 23.5. The van der Waals surface area contributed by atoms with Gasteiger partial charge in [-0.2, -0.15) is 0 Å². The Labute approximate surface area is 202 Å². The van der Waals surface area contributed by atoms with Crippen molar-refractivity contribution in [1.29, 1.82) is 0 Å². The van der Waals surface area contributed by atoms with Crippen molar-refractivity contribution in [3.8, 4) is 0 Å². The molecule has 0 aliphatic heterocycles. The molecule has 0 bridgehead atoms. The van der Waals surface area contributed by atoms with E-state index in [1.54, 1.807) is 0 Å². The van der Waals surface area contributed by atoms with Crippen LogP contribution < -0.4 is 0 Å². The number of hydrogen-bond acceptors (Lipinski definition) is 2. The van der Waals surface area contributed by atoms with Gasteiger partial charge in [-0.25, -0.2) is 0 Å². The summed E-state index contributed by atoms with van der Waals surface area (Å²) in [7, 11) is -1.84. The highest BCUT2D eigenvalue weighted by atomic mass is 28.4. The average molecular weight is 465 g/mol. The first-order valence-corrected chi connectivity index (χ1v) is 15.8. The SMILES string of the molecule is C=C(COC[C@@H](C)[C@H]1CC[C@H]2[C@@H](O[Si](C(C)C)(C(C)C)C(C)C)CCC[C@]12C)C(C)(C)C. The van der Waals surface area contributed by atoms with Gasteiger partial charge in [-0.05, 0) is 76.5 Å². The second kappa shape index (κ2) is 10.6. The Kier molecular flexibility index (Phi) is 9.36. The molecule has 0 aromatic carbocycles. The molecule has 5 atom stereocenters. The maximum absolute atomic E-state index is 7.42. The highest BCUT2D eigenvalue weighted by molar-refractivity contribution is 6.77. The lowest BCUT2D eigenvalue weighted by Gasteiger charge is -2.51. The van der Waals surface area contributed by atoms with E-state index in [-0.39, 0.29) is 5.41 Å². The summed E-state index contributed by atoms with van der Waals surface area (Å²) in [5.74, 6) is 2.06. The third-order valence-corrected chi connectivity index (χ3v) is 15.7. The molecule has 0 heterocycles. The van der Waals surface area contributed by atoms with Gasteiger partial charge >= 0.3 is 0 Å². The molecule has 3 heteroatoms. The van der Waals surface area contributed by atoms with E-state index in [1.807, 2.05) is 0 Å². The van der Waals surface area contributed by atoms with Crippen LogP contribution in [0.3, 0.4) is 0 Å². The number of ether oxygens (including phenoxy) is 1. The van der Waals surface area contributed by atoms with E-state index < -0.39 is 8.32 Å². The molecule has 0 N–H and O–H groups in total. The first-order chi connectivity index (χ1) is 14.7. The molecule has 0 saturated heterocycles. The minimum Gasteiger partial charge on any atom is -0.413 e. The standard InChI is InChI=1S/C29H56O2Si/c1-20(2)32(21(3)4,22(5)6)31-27-14-13-17-29(12)25(15-16-26(27)29)23(7)18-30-19-24(8)28(9,10)11/h20-23,25-27H,8,13-19H2,1-7,9-12H3/t23-,25-,26+,27+,29-/m1/s1. The molecule has 0 spiro atoms. The summed E-state index contributed by atoms with van der Waals surface area (Å²) in [6, 6.07) is 0. The molecule has 0 amide bonds. The van der Waals surface area contributed by atoms with Gasteiger partial charge in [0.05, 0.1) is 6.61 Å². The molecule has 0 aromatic rings. The molecular formula is C29H56O2Si. The number of hydrogen-bond donors (Lipinski definition) is 0. The van der Waals surface area contributed by atoms with E-state index in [4.69, 9.17) is 9.16 Å². The molecule has 32 heavy (non-hydrogen) atoms. The Morgan fingerprint density at radius 1 is 0.969 bits per heavy atom. The van der Waals surface area contributed by atoms with E-state index >= 15 is 0 Å². The Morgan fingerprint density at radius 3 is 2.03 bits per heavy atom. The van der Waals surface area contributed by atoms with Crippen molar-refractivity contribution in [2.75, 3.05) is 13.2 Å². The van der Waals surface area contributed by atoms with Crippen molar-refractivity contribution in [3.05, 3.63) is 12.2 Å². The highest BCUT2D eigenvalue weighted by Gasteiger charge is 2.55. The number of rotatable bonds is 10. The second-order valence-electron chi connectivity index (χ2n) is 13.5. The van der Waals surface area contributed by atoms with Crippen LogP contribution in [0.15, 0.2) is 12.2 Å². The van der Waals surface area contributed by atoms with Gasteiger partial charge in [0.2, 0.25) is 8.32 Å². The lowest BCUT2D eigenvalue weighted by molar-refractivity contribution is -0.0324. The zero-order chi connectivity index (χ0) is 24.5. The summed E-state index contributed by atoms with van der Waals surface area (Å²) in [5, 5.41) is 0. The van der Waals surface area contributed by atoms with Crippen LogP contribution in [0, 0.1) is 28.6 Å². The monoisotopic (exact) mass is 464 g/mol. The lowest BCUT2D eigenvalue weighted by Crippen LogP contribution is -2.54. The maximum atomic E-state index is 7.42. The van der Waals surface area contributed by atoms with Gasteiger partial charge in [-0.3, -0.25) is 0 Å². The summed E-state index contributed by atoms with van der Waals surface area (Å²) >= 11 is 0. The molecule has 2 aliphatic rings. The molecule has 2 aliphatic carbocycles. The fraction of sp³-hybridized carbons (Fsp3) is 0.931. The molecule has 2 fully saturated rings. The summed E-state index contributed by atoms with van der Waals surface area (Å²) in [6.45, 7) is 32.1. The first kappa shape index (κ1) is 28.1. The quantitative estimate of drug-likeness (QED) is 0.237. The molecule has 188 valence electrons. The van der Waals surface area contributed by atoms with Crippen molar-refractivity contribution in [3.63, 3.8) is 0 Å². The predicted molar refractivity (Wildman–Crippen MR) is 143 cm³/mol. The topological polar surface area (TPSA) is 18.5 Å². The largest absolute Gasteiger partial charge is 0.413 e. The van der Waals surface area contributed by atoms with Crippen LogP contribution in [0.5, 0.6) is 0 Å². The Balaban J connectivity index is 2.11. The second-order valence-corrected chi connectivity index (χ2v) is 18.9. The third-order valence-electron chi connectivity index (χ3n) is 9.60. The fourth-order valence-electron chi connectivity index (χ4n) is 7.61. The first-order valence-electron chi connectivity index (χ1n) is 13.6. The van der Waals surface area contributed by atoms with Crippen LogP contribution in [0.25, 0.3) is 0 Å². The summed E-state index contributed by atoms with van der Waals surface area (Å²) in [5.41, 5.74) is 3.71. The van der Waals surface area contributed by atoms with Crippen LogP contribution in [-0.4, -0.2) is 27.6 Å². The van der Waals surface area contributed by atoms with Crippen molar-refractivity contribution >= 4 is 8.32 Å². The van der Waals surface area contributed by atoms with Gasteiger partial charge in [-0.1, -0.05) is 89.2 Å². The van der Waals surface area contributed by atoms with E-state index in [0.717, 1.165) is 18.4 Å². The molecular weight excluding hydrogens is 408 g/mol. The van der Waals surface area contributed by atoms with Crippen molar-refractivity contribution in [2.24, 2.45) is 28.6 Å². The molecule has 2 rings (SSSR count). The number of fused-ring (bicyclic) bond motifs is 1. The van der Waals surface area contributed by atoms with Gasteiger partial charge < -0.3 is 9.16 Å². The van der Waals surface area contributed by atoms with E-state index in [2.05, 4.69) is 82.7 Å². The van der Waals surface area contributed by atoms with Gasteiger partial charge in [0, 0.05) is 12.7 Å². The normalized spacial score (nSPS) is 30.2. The Hall–Kier alpha value is -0.123. The average Bonchev–Trinajstić information content (AvgIpc) is 3.01. The van der Waals surface area contributed by atoms with Crippen LogP contribution in [0.4, 0.5) is 0 Å². The molecule has 0 unspecified atom stereocenters. The summed E-state index contributed by atoms with van der Waals surface area (Å²) in [6.07, 6.45) is 7.09. The predicted octanol–water partition coefficient (Wildman–Crippen LogP) is 9.02. The Bertz CT molecular complexity index is 595. The van der Waals surface area contributed by atoms with Crippen molar-refractivity contribution < 1.29 is 9.16 Å². The lowest BCUT2D eigenvalue weighted by atomic mass is 9.62. The van der Waals surface area contributed by atoms with Crippen LogP contribution in [0.2, 0.25) is 16.6 Å². The van der Waals surface area contributed by atoms with Crippen LogP contribution >= 0.6 is 0 Å². The van der Waals surface area contributed by atoms with Crippen molar-refractivity contribution in [2.45, 2.75) is 131 Å².